The average molecular weight is 183 g/mol. The summed E-state index contributed by atoms with van der Waals surface area (Å²) in [6, 6.07) is 0.720. The van der Waals surface area contributed by atoms with Gasteiger partial charge < -0.3 is 5.32 Å². The van der Waals surface area contributed by atoms with Crippen molar-refractivity contribution in [2.24, 2.45) is 5.92 Å². The van der Waals surface area contributed by atoms with Crippen LogP contribution in [0, 0.1) is 5.92 Å². The van der Waals surface area contributed by atoms with E-state index >= 15 is 0 Å². The minimum Gasteiger partial charge on any atom is -0.317 e. The van der Waals surface area contributed by atoms with Gasteiger partial charge in [0.2, 0.25) is 0 Å². The van der Waals surface area contributed by atoms with Crippen molar-refractivity contribution in [3.8, 4) is 0 Å². The summed E-state index contributed by atoms with van der Waals surface area (Å²) in [7, 11) is 2.09. The van der Waals surface area contributed by atoms with Crippen LogP contribution in [0.1, 0.15) is 58.3 Å². The van der Waals surface area contributed by atoms with E-state index in [0.717, 1.165) is 12.0 Å². The van der Waals surface area contributed by atoms with Crippen LogP contribution in [0.15, 0.2) is 0 Å². The first-order valence-corrected chi connectivity index (χ1v) is 6.02. The van der Waals surface area contributed by atoms with Gasteiger partial charge in [0.05, 0.1) is 0 Å². The molecule has 1 aliphatic rings. The molecule has 0 spiro atoms. The van der Waals surface area contributed by atoms with Crippen LogP contribution in [-0.4, -0.2) is 13.1 Å². The number of nitrogens with one attached hydrogen (secondary N) is 1. The van der Waals surface area contributed by atoms with Crippen molar-refractivity contribution in [2.45, 2.75) is 64.3 Å². The molecule has 0 amide bonds. The summed E-state index contributed by atoms with van der Waals surface area (Å²) >= 11 is 0. The summed E-state index contributed by atoms with van der Waals surface area (Å²) in [5.41, 5.74) is 0. The Morgan fingerprint density at radius 3 is 1.85 bits per heavy atom. The van der Waals surface area contributed by atoms with Crippen LogP contribution < -0.4 is 5.32 Å². The predicted molar refractivity (Wildman–Crippen MR) is 58.9 cm³/mol. The van der Waals surface area contributed by atoms with E-state index in [1.54, 1.807) is 0 Å². The molecule has 1 nitrogen and oxygen atoms in total. The molecule has 1 N–H and O–H groups in total. The lowest BCUT2D eigenvalue weighted by molar-refractivity contribution is 0.336. The fourth-order valence-corrected chi connectivity index (χ4v) is 2.40. The standard InChI is InChI=1S/C12H25N/c1-11(13-2)12-9-7-5-3-4-6-8-10-12/h11-13H,3-10H2,1-2H3/t11-/m1/s1. The minimum atomic E-state index is 0.720. The molecule has 0 aromatic carbocycles. The molecule has 0 aliphatic heterocycles. The molecule has 0 bridgehead atoms. The van der Waals surface area contributed by atoms with E-state index in [1.165, 1.54) is 51.4 Å². The zero-order valence-corrected chi connectivity index (χ0v) is 9.31. The molecular formula is C12H25N. The Morgan fingerprint density at radius 2 is 1.38 bits per heavy atom. The second-order valence-electron chi connectivity index (χ2n) is 4.54. The van der Waals surface area contributed by atoms with E-state index in [0.29, 0.717) is 0 Å². The van der Waals surface area contributed by atoms with Crippen molar-refractivity contribution >= 4 is 0 Å². The topological polar surface area (TPSA) is 12.0 Å². The molecule has 78 valence electrons. The van der Waals surface area contributed by atoms with Crippen molar-refractivity contribution in [1.82, 2.24) is 5.32 Å². The normalized spacial score (nSPS) is 24.5. The maximum absolute atomic E-state index is 3.40. The van der Waals surface area contributed by atoms with Crippen molar-refractivity contribution < 1.29 is 0 Å². The van der Waals surface area contributed by atoms with Gasteiger partial charge >= 0.3 is 0 Å². The van der Waals surface area contributed by atoms with Crippen LogP contribution in [-0.2, 0) is 0 Å². The number of hydrogen-bond donors (Lipinski definition) is 1. The summed E-state index contributed by atoms with van der Waals surface area (Å²) < 4.78 is 0. The molecule has 0 radical (unpaired) electrons. The third-order valence-corrected chi connectivity index (χ3v) is 3.56. The Labute approximate surface area is 83.3 Å². The summed E-state index contributed by atoms with van der Waals surface area (Å²) in [5, 5.41) is 3.40. The molecule has 1 saturated carbocycles. The molecule has 1 fully saturated rings. The van der Waals surface area contributed by atoms with Gasteiger partial charge in [0.1, 0.15) is 0 Å². The lowest BCUT2D eigenvalue weighted by atomic mass is 9.91. The highest BCUT2D eigenvalue weighted by Crippen LogP contribution is 2.23. The number of rotatable bonds is 2. The molecular weight excluding hydrogens is 158 g/mol. The first-order valence-electron chi connectivity index (χ1n) is 6.02. The molecule has 0 saturated heterocycles. The molecule has 0 heterocycles. The van der Waals surface area contributed by atoms with Crippen molar-refractivity contribution in [3.63, 3.8) is 0 Å². The molecule has 1 rings (SSSR count). The molecule has 1 atom stereocenters. The lowest BCUT2D eigenvalue weighted by Crippen LogP contribution is -2.30. The first-order chi connectivity index (χ1) is 6.34. The van der Waals surface area contributed by atoms with E-state index in [2.05, 4.69) is 19.3 Å². The minimum absolute atomic E-state index is 0.720. The summed E-state index contributed by atoms with van der Waals surface area (Å²) in [6.45, 7) is 2.34. The van der Waals surface area contributed by atoms with Crippen LogP contribution in [0.25, 0.3) is 0 Å². The van der Waals surface area contributed by atoms with Gasteiger partial charge in [0.15, 0.2) is 0 Å². The van der Waals surface area contributed by atoms with Gasteiger partial charge in [0.25, 0.3) is 0 Å². The molecule has 0 aromatic heterocycles. The van der Waals surface area contributed by atoms with Crippen LogP contribution in [0.4, 0.5) is 0 Å². The third kappa shape index (κ3) is 4.12. The summed E-state index contributed by atoms with van der Waals surface area (Å²) in [5.74, 6) is 0.933. The fraction of sp³-hybridized carbons (Fsp3) is 1.00. The Morgan fingerprint density at radius 1 is 0.923 bits per heavy atom. The van der Waals surface area contributed by atoms with E-state index < -0.39 is 0 Å². The molecule has 1 aliphatic carbocycles. The molecule has 13 heavy (non-hydrogen) atoms. The van der Waals surface area contributed by atoms with Gasteiger partial charge in [-0.25, -0.2) is 0 Å². The second-order valence-corrected chi connectivity index (χ2v) is 4.54. The fourth-order valence-electron chi connectivity index (χ4n) is 2.40. The van der Waals surface area contributed by atoms with Crippen LogP contribution in [0.2, 0.25) is 0 Å². The SMILES string of the molecule is CN[C@H](C)C1CCCCCCCC1. The largest absolute Gasteiger partial charge is 0.317 e. The first kappa shape index (κ1) is 11.0. The van der Waals surface area contributed by atoms with Crippen LogP contribution in [0.5, 0.6) is 0 Å². The Balaban J connectivity index is 2.31. The monoisotopic (exact) mass is 183 g/mol. The average Bonchev–Trinajstić information content (AvgIpc) is 2.29. The third-order valence-electron chi connectivity index (χ3n) is 3.56. The van der Waals surface area contributed by atoms with Crippen molar-refractivity contribution in [1.29, 1.82) is 0 Å². The van der Waals surface area contributed by atoms with Gasteiger partial charge in [-0.2, -0.15) is 0 Å². The quantitative estimate of drug-likeness (QED) is 0.692. The maximum atomic E-state index is 3.40. The molecule has 1 heteroatoms. The van der Waals surface area contributed by atoms with E-state index in [9.17, 15) is 0 Å². The van der Waals surface area contributed by atoms with E-state index in [4.69, 9.17) is 0 Å². The van der Waals surface area contributed by atoms with Crippen LogP contribution in [0.3, 0.4) is 0 Å². The maximum Gasteiger partial charge on any atom is 0.00639 e. The smallest absolute Gasteiger partial charge is 0.00639 e. The Bertz CT molecular complexity index is 112. The lowest BCUT2D eigenvalue weighted by Gasteiger charge is -2.22. The summed E-state index contributed by atoms with van der Waals surface area (Å²) in [6.07, 6.45) is 11.7. The zero-order valence-electron chi connectivity index (χ0n) is 9.31. The number of hydrogen-bond acceptors (Lipinski definition) is 1. The van der Waals surface area contributed by atoms with Gasteiger partial charge in [-0.3, -0.25) is 0 Å². The highest BCUT2D eigenvalue weighted by molar-refractivity contribution is 4.72. The highest BCUT2D eigenvalue weighted by atomic mass is 14.9. The van der Waals surface area contributed by atoms with Gasteiger partial charge in [-0.1, -0.05) is 38.5 Å². The van der Waals surface area contributed by atoms with Gasteiger partial charge in [-0.05, 0) is 32.7 Å². The van der Waals surface area contributed by atoms with Crippen LogP contribution >= 0.6 is 0 Å². The molecule has 0 aromatic rings. The summed E-state index contributed by atoms with van der Waals surface area (Å²) in [4.78, 5) is 0. The predicted octanol–water partition coefficient (Wildman–Crippen LogP) is 3.34. The second kappa shape index (κ2) is 6.42. The van der Waals surface area contributed by atoms with Crippen molar-refractivity contribution in [2.75, 3.05) is 7.05 Å². The highest BCUT2D eigenvalue weighted by Gasteiger charge is 2.15. The zero-order chi connectivity index (χ0) is 9.52. The van der Waals surface area contributed by atoms with E-state index in [-0.39, 0.29) is 0 Å². The Kier molecular flexibility index (Phi) is 5.45. The Hall–Kier alpha value is -0.0400. The molecule has 0 unspecified atom stereocenters. The van der Waals surface area contributed by atoms with Gasteiger partial charge in [0, 0.05) is 6.04 Å². The van der Waals surface area contributed by atoms with Crippen molar-refractivity contribution in [3.05, 3.63) is 0 Å². The van der Waals surface area contributed by atoms with E-state index in [1.807, 2.05) is 0 Å². The van der Waals surface area contributed by atoms with Gasteiger partial charge in [-0.15, -0.1) is 0 Å².